The minimum absolute atomic E-state index is 0.549. The van der Waals surface area contributed by atoms with Crippen molar-refractivity contribution in [3.63, 3.8) is 0 Å². The summed E-state index contributed by atoms with van der Waals surface area (Å²) in [5.41, 5.74) is 3.27. The highest BCUT2D eigenvalue weighted by molar-refractivity contribution is 9.10. The molecule has 0 fully saturated rings. The minimum atomic E-state index is 0.549. The van der Waals surface area contributed by atoms with Crippen LogP contribution in [0, 0.1) is 11.3 Å². The normalized spacial score (nSPS) is 10.5. The van der Waals surface area contributed by atoms with E-state index >= 15 is 0 Å². The third-order valence-electron chi connectivity index (χ3n) is 2.72. The van der Waals surface area contributed by atoms with E-state index < -0.39 is 0 Å². The average molecular weight is 314 g/mol. The van der Waals surface area contributed by atoms with Crippen LogP contribution in [0.2, 0.25) is 0 Å². The highest BCUT2D eigenvalue weighted by atomic mass is 79.9. The second-order valence-electron chi connectivity index (χ2n) is 4.05. The van der Waals surface area contributed by atoms with Crippen molar-refractivity contribution in [3.05, 3.63) is 52.5 Å². The lowest BCUT2D eigenvalue weighted by Crippen LogP contribution is -2.02. The first kappa shape index (κ1) is 11.8. The molecule has 3 aromatic heterocycles. The average Bonchev–Trinajstić information content (AvgIpc) is 2.81. The number of aromatic nitrogens is 4. The fourth-order valence-corrected chi connectivity index (χ4v) is 2.19. The Bertz CT molecular complexity index is 787. The van der Waals surface area contributed by atoms with Gasteiger partial charge in [-0.25, -0.2) is 0 Å². The molecule has 5 nitrogen and oxygen atoms in total. The maximum atomic E-state index is 8.87. The van der Waals surface area contributed by atoms with E-state index in [9.17, 15) is 0 Å². The summed E-state index contributed by atoms with van der Waals surface area (Å²) in [5.74, 6) is 0. The van der Waals surface area contributed by atoms with E-state index in [-0.39, 0.29) is 0 Å². The number of hydrogen-bond donors (Lipinski definition) is 0. The molecule has 0 aliphatic rings. The fourth-order valence-electron chi connectivity index (χ4n) is 1.87. The van der Waals surface area contributed by atoms with E-state index in [0.29, 0.717) is 12.1 Å². The van der Waals surface area contributed by atoms with Crippen LogP contribution in [0.15, 0.2) is 41.4 Å². The predicted molar refractivity (Wildman–Crippen MR) is 73.3 cm³/mol. The van der Waals surface area contributed by atoms with Gasteiger partial charge in [0.25, 0.3) is 0 Å². The molecule has 0 spiro atoms. The van der Waals surface area contributed by atoms with Gasteiger partial charge in [-0.05, 0) is 33.6 Å². The third-order valence-corrected chi connectivity index (χ3v) is 3.15. The number of nitriles is 1. The largest absolute Gasteiger partial charge is 0.263 e. The number of nitrogens with zero attached hydrogens (tertiary/aromatic N) is 5. The van der Waals surface area contributed by atoms with Gasteiger partial charge in [0.2, 0.25) is 0 Å². The summed E-state index contributed by atoms with van der Waals surface area (Å²) in [4.78, 5) is 8.32. The van der Waals surface area contributed by atoms with E-state index in [2.05, 4.69) is 37.1 Å². The molecular weight excluding hydrogens is 306 g/mol. The van der Waals surface area contributed by atoms with Crippen LogP contribution in [0.3, 0.4) is 0 Å². The van der Waals surface area contributed by atoms with Crippen LogP contribution in [-0.2, 0) is 6.54 Å². The van der Waals surface area contributed by atoms with Crippen LogP contribution < -0.4 is 0 Å². The molecule has 0 atom stereocenters. The minimum Gasteiger partial charge on any atom is -0.263 e. The molecule has 0 aromatic carbocycles. The highest BCUT2D eigenvalue weighted by Gasteiger charge is 2.06. The Kier molecular flexibility index (Phi) is 2.97. The summed E-state index contributed by atoms with van der Waals surface area (Å²) < 4.78 is 2.75. The van der Waals surface area contributed by atoms with Gasteiger partial charge < -0.3 is 0 Å². The topological polar surface area (TPSA) is 67.4 Å². The molecule has 0 aliphatic heterocycles. The molecule has 6 heteroatoms. The molecule has 3 heterocycles. The van der Waals surface area contributed by atoms with Crippen molar-refractivity contribution in [3.8, 4) is 6.07 Å². The molecule has 0 aliphatic carbocycles. The second kappa shape index (κ2) is 4.78. The lowest BCUT2D eigenvalue weighted by atomic mass is 10.2. The third kappa shape index (κ3) is 2.33. The van der Waals surface area contributed by atoms with Crippen molar-refractivity contribution in [2.75, 3.05) is 0 Å². The van der Waals surface area contributed by atoms with Crippen molar-refractivity contribution in [1.29, 1.82) is 5.26 Å². The Morgan fingerprint density at radius 3 is 2.95 bits per heavy atom. The molecule has 0 bridgehead atoms. The second-order valence-corrected chi connectivity index (χ2v) is 4.97. The summed E-state index contributed by atoms with van der Waals surface area (Å²) in [5, 5.41) is 13.2. The number of pyridine rings is 2. The maximum absolute atomic E-state index is 8.87. The van der Waals surface area contributed by atoms with Gasteiger partial charge in [0.1, 0.15) is 11.6 Å². The van der Waals surface area contributed by atoms with Gasteiger partial charge in [0.15, 0.2) is 0 Å². The Balaban J connectivity index is 2.01. The van der Waals surface area contributed by atoms with E-state index in [1.165, 1.54) is 0 Å². The molecule has 0 amide bonds. The van der Waals surface area contributed by atoms with E-state index in [1.807, 2.05) is 16.8 Å². The van der Waals surface area contributed by atoms with Crippen molar-refractivity contribution >= 4 is 27.0 Å². The van der Waals surface area contributed by atoms with Crippen molar-refractivity contribution in [1.82, 2.24) is 19.7 Å². The number of halogens is 1. The Morgan fingerprint density at radius 2 is 2.11 bits per heavy atom. The van der Waals surface area contributed by atoms with Gasteiger partial charge in [-0.15, -0.1) is 0 Å². The van der Waals surface area contributed by atoms with Crippen LogP contribution in [-0.4, -0.2) is 19.7 Å². The quantitative estimate of drug-likeness (QED) is 0.729. The zero-order valence-electron chi connectivity index (χ0n) is 9.79. The smallest absolute Gasteiger partial charge is 0.108 e. The van der Waals surface area contributed by atoms with Crippen molar-refractivity contribution in [2.24, 2.45) is 0 Å². The molecule has 92 valence electrons. The Morgan fingerprint density at radius 1 is 1.21 bits per heavy atom. The molecule has 0 radical (unpaired) electrons. The number of hydrogen-bond acceptors (Lipinski definition) is 4. The predicted octanol–water partition coefficient (Wildman–Crippen LogP) is 2.51. The van der Waals surface area contributed by atoms with Gasteiger partial charge in [-0.1, -0.05) is 0 Å². The molecule has 19 heavy (non-hydrogen) atoms. The lowest BCUT2D eigenvalue weighted by Gasteiger charge is -2.03. The SMILES string of the molecule is N#Cc1cncc(Cn2ncc3ncc(Br)cc32)c1. The molecule has 0 saturated heterocycles. The van der Waals surface area contributed by atoms with Gasteiger partial charge in [0.05, 0.1) is 23.8 Å². The first-order valence-corrected chi connectivity index (χ1v) is 6.36. The number of rotatable bonds is 2. The maximum Gasteiger partial charge on any atom is 0.108 e. The first-order valence-electron chi connectivity index (χ1n) is 5.57. The Labute approximate surface area is 117 Å². The number of fused-ring (bicyclic) bond motifs is 1. The van der Waals surface area contributed by atoms with Gasteiger partial charge in [-0.3, -0.25) is 14.6 Å². The van der Waals surface area contributed by atoms with Gasteiger partial charge >= 0.3 is 0 Å². The van der Waals surface area contributed by atoms with Crippen molar-refractivity contribution < 1.29 is 0 Å². The fraction of sp³-hybridized carbons (Fsp3) is 0.0769. The zero-order valence-corrected chi connectivity index (χ0v) is 11.4. The zero-order chi connectivity index (χ0) is 13.2. The molecule has 3 rings (SSSR count). The first-order chi connectivity index (χ1) is 9.26. The molecule has 0 unspecified atom stereocenters. The molecule has 0 N–H and O–H groups in total. The van der Waals surface area contributed by atoms with Crippen LogP contribution in [0.1, 0.15) is 11.1 Å². The summed E-state index contributed by atoms with van der Waals surface area (Å²) in [6, 6.07) is 5.86. The van der Waals surface area contributed by atoms with Crippen LogP contribution in [0.5, 0.6) is 0 Å². The summed E-state index contributed by atoms with van der Waals surface area (Å²) in [7, 11) is 0. The molecule has 3 aromatic rings. The van der Waals surface area contributed by atoms with Gasteiger partial charge in [0, 0.05) is 23.1 Å². The van der Waals surface area contributed by atoms with Crippen LogP contribution >= 0.6 is 15.9 Å². The summed E-state index contributed by atoms with van der Waals surface area (Å²) >= 11 is 3.40. The summed E-state index contributed by atoms with van der Waals surface area (Å²) in [6.45, 7) is 0.560. The molecule has 0 saturated carbocycles. The molecular formula is C13H8BrN5. The van der Waals surface area contributed by atoms with E-state index in [1.54, 1.807) is 24.8 Å². The Hall–Kier alpha value is -2.26. The monoisotopic (exact) mass is 313 g/mol. The van der Waals surface area contributed by atoms with E-state index in [0.717, 1.165) is 21.1 Å². The van der Waals surface area contributed by atoms with Gasteiger partial charge in [-0.2, -0.15) is 10.4 Å². The van der Waals surface area contributed by atoms with Crippen molar-refractivity contribution in [2.45, 2.75) is 6.54 Å². The van der Waals surface area contributed by atoms with E-state index in [4.69, 9.17) is 5.26 Å². The lowest BCUT2D eigenvalue weighted by molar-refractivity contribution is 0.709. The van der Waals surface area contributed by atoms with Crippen LogP contribution in [0.25, 0.3) is 11.0 Å². The highest BCUT2D eigenvalue weighted by Crippen LogP contribution is 2.17. The summed E-state index contributed by atoms with van der Waals surface area (Å²) in [6.07, 6.45) is 6.75. The van der Waals surface area contributed by atoms with Crippen LogP contribution in [0.4, 0.5) is 0 Å². The standard InChI is InChI=1S/C13H8BrN5/c14-11-2-13-12(17-6-11)7-18-19(13)8-10-1-9(3-15)4-16-5-10/h1-2,4-7H,8H2.